The molecule has 0 atom stereocenters. The van der Waals surface area contributed by atoms with Gasteiger partial charge in [-0.3, -0.25) is 14.4 Å². The Kier molecular flexibility index (Phi) is 16.9. The number of nitrogen functional groups attached to an aromatic ring is 3. The second-order valence-corrected chi connectivity index (χ2v) is 11.6. The number of nitriles is 1. The van der Waals surface area contributed by atoms with Crippen molar-refractivity contribution >= 4 is 57.8 Å². The van der Waals surface area contributed by atoms with Gasteiger partial charge in [-0.05, 0) is 91.3 Å². The monoisotopic (exact) mass is 831 g/mol. The number of nitrogens with two attached hydrogens (primary N) is 3. The molecule has 5 aromatic carbocycles. The second kappa shape index (κ2) is 21.0. The predicted molar refractivity (Wildman–Crippen MR) is 204 cm³/mol. The zero-order valence-electron chi connectivity index (χ0n) is 30.6. The Hall–Kier alpha value is -7.69. The molecule has 0 spiro atoms. The van der Waals surface area contributed by atoms with E-state index < -0.39 is 58.8 Å². The van der Waals surface area contributed by atoms with Gasteiger partial charge in [0.1, 0.15) is 23.3 Å². The minimum absolute atomic E-state index is 0.0732. The molecule has 0 heterocycles. The Morgan fingerprint density at radius 3 is 1.73 bits per heavy atom. The first-order valence-electron chi connectivity index (χ1n) is 16.3. The number of benzene rings is 5. The van der Waals surface area contributed by atoms with E-state index in [1.807, 2.05) is 0 Å². The Bertz CT molecular complexity index is 2310. The van der Waals surface area contributed by atoms with Gasteiger partial charge in [0.25, 0.3) is 5.91 Å². The molecule has 310 valence electrons. The third kappa shape index (κ3) is 15.4. The first-order chi connectivity index (χ1) is 27.4. The highest BCUT2D eigenvalue weighted by molar-refractivity contribution is 6.04. The van der Waals surface area contributed by atoms with Gasteiger partial charge in [0.05, 0.1) is 22.4 Å². The van der Waals surface area contributed by atoms with Crippen molar-refractivity contribution in [3.63, 3.8) is 0 Å². The smallest absolute Gasteiger partial charge is 0.471 e. The van der Waals surface area contributed by atoms with Crippen molar-refractivity contribution in [3.8, 4) is 6.07 Å². The van der Waals surface area contributed by atoms with Crippen LogP contribution < -0.4 is 33.2 Å². The molecule has 0 aliphatic carbocycles. The first kappa shape index (κ1) is 47.5. The van der Waals surface area contributed by atoms with Crippen molar-refractivity contribution in [1.82, 2.24) is 0 Å². The number of aromatic carboxylic acids is 1. The normalized spacial score (nSPS) is 10.4. The Morgan fingerprint density at radius 1 is 0.695 bits per heavy atom. The molecule has 0 bridgehead atoms. The number of carboxylic acids is 1. The topological polar surface area (TPSA) is 226 Å². The van der Waals surface area contributed by atoms with Crippen LogP contribution in [0.4, 0.5) is 69.2 Å². The van der Waals surface area contributed by atoms with Crippen molar-refractivity contribution in [3.05, 3.63) is 143 Å². The Labute approximate surface area is 330 Å². The quantitative estimate of drug-likeness (QED) is 0.0666. The number of carboxylic acid groups (broad SMARTS) is 1. The maximum Gasteiger partial charge on any atom is 0.471 e. The van der Waals surface area contributed by atoms with E-state index in [2.05, 4.69) is 10.6 Å². The fourth-order valence-electron chi connectivity index (χ4n) is 4.28. The molecular weight excluding hydrogens is 798 g/mol. The summed E-state index contributed by atoms with van der Waals surface area (Å²) in [5.74, 6) is -6.08. The fourth-order valence-corrected chi connectivity index (χ4v) is 4.28. The van der Waals surface area contributed by atoms with E-state index in [4.69, 9.17) is 27.6 Å². The summed E-state index contributed by atoms with van der Waals surface area (Å²) in [6.45, 7) is 2.98. The van der Waals surface area contributed by atoms with Crippen molar-refractivity contribution in [2.45, 2.75) is 26.2 Å². The number of aryl methyl sites for hydroxylation is 1. The van der Waals surface area contributed by atoms with Gasteiger partial charge in [0, 0.05) is 35.4 Å². The third-order valence-electron chi connectivity index (χ3n) is 7.09. The maximum atomic E-state index is 13.4. The van der Waals surface area contributed by atoms with Crippen LogP contribution in [-0.4, -0.2) is 35.0 Å². The average Bonchev–Trinajstić information content (AvgIpc) is 3.14. The highest BCUT2D eigenvalue weighted by Crippen LogP contribution is 2.35. The highest BCUT2D eigenvalue weighted by Gasteiger charge is 2.39. The molecule has 0 unspecified atom stereocenters. The van der Waals surface area contributed by atoms with E-state index in [0.717, 1.165) is 35.9 Å². The van der Waals surface area contributed by atoms with Crippen LogP contribution in [-0.2, 0) is 15.8 Å². The first-order valence-corrected chi connectivity index (χ1v) is 16.3. The number of anilines is 6. The molecule has 59 heavy (non-hydrogen) atoms. The highest BCUT2D eigenvalue weighted by atomic mass is 19.4. The number of hydrogen-bond donors (Lipinski definition) is 7. The molecule has 5 rings (SSSR count). The van der Waals surface area contributed by atoms with Crippen molar-refractivity contribution in [2.75, 3.05) is 33.2 Å². The summed E-state index contributed by atoms with van der Waals surface area (Å²) in [6.07, 6.45) is -9.51. The molecule has 0 aliphatic heterocycles. The summed E-state index contributed by atoms with van der Waals surface area (Å²) in [5.41, 5.74) is 16.3. The second-order valence-electron chi connectivity index (χ2n) is 11.6. The molecule has 5 aromatic rings. The van der Waals surface area contributed by atoms with E-state index in [9.17, 15) is 54.3 Å². The van der Waals surface area contributed by atoms with E-state index in [-0.39, 0.29) is 28.3 Å². The number of nitrogens with zero attached hydrogens (tertiary/aromatic N) is 1. The largest absolute Gasteiger partial charge is 0.478 e. The summed E-state index contributed by atoms with van der Waals surface area (Å²) in [5, 5.41) is 23.3. The molecule has 0 fully saturated rings. The fraction of sp³-hybridized carbons (Fsp3) is 0.103. The van der Waals surface area contributed by atoms with E-state index in [0.29, 0.717) is 16.9 Å². The zero-order valence-corrected chi connectivity index (χ0v) is 30.6. The molecule has 0 aromatic heterocycles. The number of nitrogens with one attached hydrogen (secondary N) is 3. The number of hydrogen-bond acceptors (Lipinski definition) is 8. The van der Waals surface area contributed by atoms with Gasteiger partial charge in [0.15, 0.2) is 0 Å². The number of halogens is 8. The Morgan fingerprint density at radius 2 is 1.25 bits per heavy atom. The number of rotatable bonds is 5. The standard InChI is InChI=1S/C14H12F2N2O.C9H6F3N3O.C9H9F3N2O.C7H6O2/c1-8-7-9(5-6-12(8)17)18-14(19)13-10(15)3-2-4-11(13)16;10-9(11,12)8(16)15-7-2-1-6(14)3-5(7)4-13;1-5(15)14-6-2-3-8(13)7(4-6)9(10,11)12;8-7(9)6-4-2-1-3-5-6/h2-7H,17H2,1H3,(H,18,19);1-3H,14H2,(H,15,16);2-4H,13H2,1H3,(H,14,15);1-5H,(H,8,9). The van der Waals surface area contributed by atoms with Crippen molar-refractivity contribution < 1.29 is 59.4 Å². The van der Waals surface area contributed by atoms with E-state index in [1.54, 1.807) is 66.8 Å². The molecule has 0 saturated heterocycles. The van der Waals surface area contributed by atoms with Crippen LogP contribution in [0.2, 0.25) is 0 Å². The third-order valence-corrected chi connectivity index (χ3v) is 7.09. The Balaban J connectivity index is 0.000000279. The zero-order chi connectivity index (χ0) is 44.7. The molecular formula is C39H33F8N7O5. The van der Waals surface area contributed by atoms with Crippen LogP contribution >= 0.6 is 0 Å². The summed E-state index contributed by atoms with van der Waals surface area (Å²) >= 11 is 0. The van der Waals surface area contributed by atoms with Crippen molar-refractivity contribution in [2.24, 2.45) is 0 Å². The van der Waals surface area contributed by atoms with Gasteiger partial charge in [-0.1, -0.05) is 24.3 Å². The summed E-state index contributed by atoms with van der Waals surface area (Å²) in [7, 11) is 0. The number of carbonyl (C=O) groups excluding carboxylic acids is 3. The van der Waals surface area contributed by atoms with Gasteiger partial charge in [0.2, 0.25) is 5.91 Å². The van der Waals surface area contributed by atoms with Crippen LogP contribution in [0.25, 0.3) is 0 Å². The van der Waals surface area contributed by atoms with Gasteiger partial charge >= 0.3 is 24.2 Å². The van der Waals surface area contributed by atoms with Gasteiger partial charge in [-0.2, -0.15) is 31.6 Å². The minimum Gasteiger partial charge on any atom is -0.478 e. The van der Waals surface area contributed by atoms with Gasteiger partial charge in [-0.25, -0.2) is 13.6 Å². The lowest BCUT2D eigenvalue weighted by molar-refractivity contribution is -0.167. The molecule has 0 saturated carbocycles. The molecule has 10 N–H and O–H groups in total. The lowest BCUT2D eigenvalue weighted by Crippen LogP contribution is -2.30. The van der Waals surface area contributed by atoms with Gasteiger partial charge < -0.3 is 38.3 Å². The summed E-state index contributed by atoms with van der Waals surface area (Å²) in [6, 6.07) is 24.8. The lowest BCUT2D eigenvalue weighted by atomic mass is 10.1. The summed E-state index contributed by atoms with van der Waals surface area (Å²) in [4.78, 5) is 43.3. The number of carbonyl (C=O) groups is 4. The molecule has 0 radical (unpaired) electrons. The number of alkyl halides is 6. The molecule has 3 amide bonds. The SMILES string of the molecule is CC(=O)Nc1ccc(N)c(C(F)(F)F)c1.Cc1cc(NC(=O)c2c(F)cccc2F)ccc1N.N#Cc1cc(N)ccc1NC(=O)C(F)(F)F.O=C(O)c1ccccc1. The van der Waals surface area contributed by atoms with Crippen LogP contribution in [0.5, 0.6) is 0 Å². The maximum absolute atomic E-state index is 13.4. The predicted octanol–water partition coefficient (Wildman–Crippen LogP) is 8.38. The van der Waals surface area contributed by atoms with Crippen molar-refractivity contribution in [1.29, 1.82) is 5.26 Å². The van der Waals surface area contributed by atoms with Gasteiger partial charge in [-0.15, -0.1) is 0 Å². The van der Waals surface area contributed by atoms with Crippen LogP contribution in [0.1, 0.15) is 44.3 Å². The van der Waals surface area contributed by atoms with E-state index >= 15 is 0 Å². The summed E-state index contributed by atoms with van der Waals surface area (Å²) < 4.78 is 99.8. The molecule has 0 aliphatic rings. The molecule has 12 nitrogen and oxygen atoms in total. The number of amides is 3. The minimum atomic E-state index is -4.99. The van der Waals surface area contributed by atoms with E-state index in [1.165, 1.54) is 31.2 Å². The van der Waals surface area contributed by atoms with Crippen LogP contribution in [0.15, 0.2) is 103 Å². The average molecular weight is 832 g/mol. The lowest BCUT2D eigenvalue weighted by Gasteiger charge is -2.11. The van der Waals surface area contributed by atoms with Crippen LogP contribution in [0.3, 0.4) is 0 Å². The molecule has 20 heteroatoms. The van der Waals surface area contributed by atoms with Crippen LogP contribution in [0, 0.1) is 29.9 Å².